The second-order valence-electron chi connectivity index (χ2n) is 4.09. The van der Waals surface area contributed by atoms with Crippen molar-refractivity contribution in [2.45, 2.75) is 25.3 Å². The molecular weight excluding hydrogens is 152 g/mol. The molecule has 3 heteroatoms. The molecule has 1 unspecified atom stereocenters. The third kappa shape index (κ3) is 0.959. The first-order valence-corrected chi connectivity index (χ1v) is 4.61. The van der Waals surface area contributed by atoms with Gasteiger partial charge in [-0.25, -0.2) is 0 Å². The third-order valence-corrected chi connectivity index (χ3v) is 3.50. The normalized spacial score (nSPS) is 35.7. The summed E-state index contributed by atoms with van der Waals surface area (Å²) < 4.78 is 0. The quantitative estimate of drug-likeness (QED) is 0.520. The van der Waals surface area contributed by atoms with Crippen LogP contribution in [0.5, 0.6) is 0 Å². The average Bonchev–Trinajstić information content (AvgIpc) is 2.48. The van der Waals surface area contributed by atoms with E-state index in [2.05, 4.69) is 11.9 Å². The van der Waals surface area contributed by atoms with Crippen LogP contribution in [0.3, 0.4) is 0 Å². The third-order valence-electron chi connectivity index (χ3n) is 3.50. The SMILES string of the molecule is CC(=O)N1CCC2(CCN2C)C1. The van der Waals surface area contributed by atoms with Crippen LogP contribution in [-0.2, 0) is 4.79 Å². The van der Waals surface area contributed by atoms with E-state index in [-0.39, 0.29) is 5.91 Å². The van der Waals surface area contributed by atoms with E-state index in [0.29, 0.717) is 5.54 Å². The summed E-state index contributed by atoms with van der Waals surface area (Å²) >= 11 is 0. The lowest BCUT2D eigenvalue weighted by Gasteiger charge is -2.48. The zero-order chi connectivity index (χ0) is 8.77. The van der Waals surface area contributed by atoms with Crippen LogP contribution in [0.2, 0.25) is 0 Å². The summed E-state index contributed by atoms with van der Waals surface area (Å²) in [6.07, 6.45) is 2.44. The molecule has 3 nitrogen and oxygen atoms in total. The summed E-state index contributed by atoms with van der Waals surface area (Å²) in [7, 11) is 2.16. The van der Waals surface area contributed by atoms with Crippen molar-refractivity contribution < 1.29 is 4.79 Å². The Balaban J connectivity index is 2.02. The molecule has 0 aromatic carbocycles. The summed E-state index contributed by atoms with van der Waals surface area (Å²) in [6.45, 7) is 4.78. The molecule has 0 radical (unpaired) electrons. The largest absolute Gasteiger partial charge is 0.341 e. The van der Waals surface area contributed by atoms with Crippen LogP contribution < -0.4 is 0 Å². The molecule has 2 saturated heterocycles. The molecule has 1 amide bonds. The second-order valence-corrected chi connectivity index (χ2v) is 4.09. The van der Waals surface area contributed by atoms with Gasteiger partial charge in [-0.3, -0.25) is 9.69 Å². The van der Waals surface area contributed by atoms with Gasteiger partial charge in [0, 0.05) is 32.1 Å². The molecule has 2 fully saturated rings. The molecule has 2 aliphatic rings. The molecule has 12 heavy (non-hydrogen) atoms. The van der Waals surface area contributed by atoms with E-state index in [0.717, 1.165) is 13.1 Å². The van der Waals surface area contributed by atoms with Crippen LogP contribution in [0, 0.1) is 0 Å². The second kappa shape index (κ2) is 2.46. The summed E-state index contributed by atoms with van der Waals surface area (Å²) in [5, 5.41) is 0. The maximum absolute atomic E-state index is 11.1. The molecule has 0 aliphatic carbocycles. The fraction of sp³-hybridized carbons (Fsp3) is 0.889. The number of carbonyl (C=O) groups excluding carboxylic acids is 1. The number of hydrogen-bond acceptors (Lipinski definition) is 2. The van der Waals surface area contributed by atoms with Gasteiger partial charge in [0.1, 0.15) is 0 Å². The molecule has 1 spiro atoms. The van der Waals surface area contributed by atoms with Crippen molar-refractivity contribution in [3.63, 3.8) is 0 Å². The minimum absolute atomic E-state index is 0.229. The highest BCUT2D eigenvalue weighted by molar-refractivity contribution is 5.73. The van der Waals surface area contributed by atoms with Gasteiger partial charge in [0.25, 0.3) is 0 Å². The van der Waals surface area contributed by atoms with Crippen LogP contribution >= 0.6 is 0 Å². The predicted molar refractivity (Wildman–Crippen MR) is 46.8 cm³/mol. The van der Waals surface area contributed by atoms with E-state index in [1.807, 2.05) is 4.90 Å². The monoisotopic (exact) mass is 168 g/mol. The Morgan fingerprint density at radius 3 is 2.25 bits per heavy atom. The number of amides is 1. The van der Waals surface area contributed by atoms with Gasteiger partial charge in [-0.15, -0.1) is 0 Å². The zero-order valence-corrected chi connectivity index (χ0v) is 7.84. The summed E-state index contributed by atoms with van der Waals surface area (Å²) in [5.74, 6) is 0.229. The Labute approximate surface area is 73.3 Å². The van der Waals surface area contributed by atoms with Gasteiger partial charge in [0.15, 0.2) is 0 Å². The first kappa shape index (κ1) is 8.05. The fourth-order valence-electron chi connectivity index (χ4n) is 2.29. The predicted octanol–water partition coefficient (Wildman–Crippen LogP) is 0.313. The molecule has 2 heterocycles. The van der Waals surface area contributed by atoms with Crippen LogP contribution in [0.25, 0.3) is 0 Å². The van der Waals surface area contributed by atoms with Crippen LogP contribution in [0.1, 0.15) is 19.8 Å². The van der Waals surface area contributed by atoms with Crippen LogP contribution in [0.4, 0.5) is 0 Å². The van der Waals surface area contributed by atoms with Crippen molar-refractivity contribution in [1.82, 2.24) is 9.80 Å². The summed E-state index contributed by atoms with van der Waals surface area (Å²) in [6, 6.07) is 0. The highest BCUT2D eigenvalue weighted by Gasteiger charge is 2.47. The van der Waals surface area contributed by atoms with Crippen LogP contribution in [0.15, 0.2) is 0 Å². The lowest BCUT2D eigenvalue weighted by molar-refractivity contribution is -0.128. The molecule has 2 rings (SSSR count). The number of rotatable bonds is 0. The minimum Gasteiger partial charge on any atom is -0.341 e. The van der Waals surface area contributed by atoms with E-state index < -0.39 is 0 Å². The number of likely N-dealkylation sites (N-methyl/N-ethyl adjacent to an activating group) is 1. The Morgan fingerprint density at radius 1 is 1.33 bits per heavy atom. The molecule has 0 saturated carbocycles. The molecule has 0 aromatic rings. The Morgan fingerprint density at radius 2 is 2.00 bits per heavy atom. The van der Waals surface area contributed by atoms with Crippen molar-refractivity contribution in [2.24, 2.45) is 0 Å². The Hall–Kier alpha value is -0.570. The maximum Gasteiger partial charge on any atom is 0.219 e. The van der Waals surface area contributed by atoms with E-state index in [1.165, 1.54) is 19.4 Å². The van der Waals surface area contributed by atoms with Crippen molar-refractivity contribution >= 4 is 5.91 Å². The number of nitrogens with zero attached hydrogens (tertiary/aromatic N) is 2. The molecule has 0 N–H and O–H groups in total. The van der Waals surface area contributed by atoms with Gasteiger partial charge < -0.3 is 4.90 Å². The van der Waals surface area contributed by atoms with Crippen molar-refractivity contribution in [3.05, 3.63) is 0 Å². The van der Waals surface area contributed by atoms with Crippen molar-refractivity contribution in [1.29, 1.82) is 0 Å². The molecular formula is C9H16N2O. The molecule has 0 aromatic heterocycles. The maximum atomic E-state index is 11.1. The van der Waals surface area contributed by atoms with E-state index >= 15 is 0 Å². The van der Waals surface area contributed by atoms with Gasteiger partial charge in [-0.05, 0) is 19.9 Å². The summed E-state index contributed by atoms with van der Waals surface area (Å²) in [4.78, 5) is 15.4. The Bertz CT molecular complexity index is 217. The van der Waals surface area contributed by atoms with Gasteiger partial charge in [-0.1, -0.05) is 0 Å². The van der Waals surface area contributed by atoms with Gasteiger partial charge in [0.05, 0.1) is 0 Å². The van der Waals surface area contributed by atoms with Gasteiger partial charge in [0.2, 0.25) is 5.91 Å². The smallest absolute Gasteiger partial charge is 0.219 e. The minimum atomic E-state index is 0.229. The number of likely N-dealkylation sites (tertiary alicyclic amines) is 2. The lowest BCUT2D eigenvalue weighted by atomic mass is 9.85. The standard InChI is InChI=1S/C9H16N2O/c1-8(12)11-6-4-9(7-11)3-5-10(9)2/h3-7H2,1-2H3. The number of carbonyl (C=O) groups is 1. The highest BCUT2D eigenvalue weighted by Crippen LogP contribution is 2.37. The van der Waals surface area contributed by atoms with Gasteiger partial charge >= 0.3 is 0 Å². The molecule has 68 valence electrons. The summed E-state index contributed by atoms with van der Waals surface area (Å²) in [5.41, 5.74) is 0.367. The van der Waals surface area contributed by atoms with Crippen LogP contribution in [-0.4, -0.2) is 47.9 Å². The molecule has 1 atom stereocenters. The number of hydrogen-bond donors (Lipinski definition) is 0. The average molecular weight is 168 g/mol. The van der Waals surface area contributed by atoms with Gasteiger partial charge in [-0.2, -0.15) is 0 Å². The van der Waals surface area contributed by atoms with Crippen molar-refractivity contribution in [2.75, 3.05) is 26.7 Å². The van der Waals surface area contributed by atoms with Crippen molar-refractivity contribution in [3.8, 4) is 0 Å². The highest BCUT2D eigenvalue weighted by atomic mass is 16.2. The van der Waals surface area contributed by atoms with E-state index in [9.17, 15) is 4.79 Å². The van der Waals surface area contributed by atoms with E-state index in [4.69, 9.17) is 0 Å². The Kier molecular flexibility index (Phi) is 1.65. The molecule has 2 aliphatic heterocycles. The fourth-order valence-corrected chi connectivity index (χ4v) is 2.29. The topological polar surface area (TPSA) is 23.6 Å². The first-order valence-electron chi connectivity index (χ1n) is 4.61. The zero-order valence-electron chi connectivity index (χ0n) is 7.84. The first-order chi connectivity index (χ1) is 5.64. The lowest BCUT2D eigenvalue weighted by Crippen LogP contribution is -2.59. The molecule has 0 bridgehead atoms. The van der Waals surface area contributed by atoms with E-state index in [1.54, 1.807) is 6.92 Å².